The number of benzene rings is 1. The molecule has 1 atom stereocenters. The molecule has 2 nitrogen and oxygen atoms in total. The number of rotatable bonds is 5. The van der Waals surface area contributed by atoms with Gasteiger partial charge in [0.1, 0.15) is 0 Å². The number of aryl methyl sites for hydroxylation is 1. The summed E-state index contributed by atoms with van der Waals surface area (Å²) in [5, 5.41) is 3.40. The van der Waals surface area contributed by atoms with Crippen molar-refractivity contribution in [1.29, 1.82) is 0 Å². The SMILES string of the molecule is COCCN[C@H](C)c1cccc(C)c1. The Morgan fingerprint density at radius 1 is 1.43 bits per heavy atom. The Labute approximate surface area is 86.3 Å². The van der Waals surface area contributed by atoms with E-state index in [1.165, 1.54) is 11.1 Å². The third-order valence-electron chi connectivity index (χ3n) is 2.30. The fourth-order valence-corrected chi connectivity index (χ4v) is 1.43. The first-order valence-electron chi connectivity index (χ1n) is 5.03. The second-order valence-corrected chi connectivity index (χ2v) is 3.58. The van der Waals surface area contributed by atoms with Crippen LogP contribution < -0.4 is 5.32 Å². The van der Waals surface area contributed by atoms with Gasteiger partial charge in [-0.25, -0.2) is 0 Å². The predicted molar refractivity (Wildman–Crippen MR) is 59.5 cm³/mol. The number of hydrogen-bond donors (Lipinski definition) is 1. The van der Waals surface area contributed by atoms with Gasteiger partial charge in [-0.05, 0) is 19.4 Å². The molecule has 0 radical (unpaired) electrons. The highest BCUT2D eigenvalue weighted by Crippen LogP contribution is 2.12. The van der Waals surface area contributed by atoms with E-state index in [2.05, 4.69) is 43.4 Å². The summed E-state index contributed by atoms with van der Waals surface area (Å²) in [5.74, 6) is 0. The molecule has 0 aliphatic carbocycles. The topological polar surface area (TPSA) is 21.3 Å². The van der Waals surface area contributed by atoms with Crippen LogP contribution in [0, 0.1) is 6.92 Å². The van der Waals surface area contributed by atoms with Crippen LogP contribution in [-0.2, 0) is 4.74 Å². The van der Waals surface area contributed by atoms with E-state index in [-0.39, 0.29) is 0 Å². The van der Waals surface area contributed by atoms with Crippen molar-refractivity contribution in [3.8, 4) is 0 Å². The molecule has 0 heterocycles. The maximum atomic E-state index is 4.99. The van der Waals surface area contributed by atoms with Gasteiger partial charge in [-0.3, -0.25) is 0 Å². The molecule has 0 spiro atoms. The Hall–Kier alpha value is -0.860. The van der Waals surface area contributed by atoms with Gasteiger partial charge in [0.2, 0.25) is 0 Å². The van der Waals surface area contributed by atoms with E-state index >= 15 is 0 Å². The van der Waals surface area contributed by atoms with Gasteiger partial charge >= 0.3 is 0 Å². The lowest BCUT2D eigenvalue weighted by molar-refractivity contribution is 0.196. The largest absolute Gasteiger partial charge is 0.383 e. The van der Waals surface area contributed by atoms with Gasteiger partial charge < -0.3 is 10.1 Å². The fraction of sp³-hybridized carbons (Fsp3) is 0.500. The Morgan fingerprint density at radius 3 is 2.86 bits per heavy atom. The molecule has 2 heteroatoms. The van der Waals surface area contributed by atoms with E-state index in [0.717, 1.165) is 13.2 Å². The number of hydrogen-bond acceptors (Lipinski definition) is 2. The van der Waals surface area contributed by atoms with E-state index in [9.17, 15) is 0 Å². The Kier molecular flexibility index (Phi) is 4.63. The average Bonchev–Trinajstić information content (AvgIpc) is 2.18. The zero-order valence-corrected chi connectivity index (χ0v) is 9.21. The number of ether oxygens (including phenoxy) is 1. The second kappa shape index (κ2) is 5.78. The first kappa shape index (κ1) is 11.2. The van der Waals surface area contributed by atoms with Gasteiger partial charge in [0, 0.05) is 19.7 Å². The maximum absolute atomic E-state index is 4.99. The second-order valence-electron chi connectivity index (χ2n) is 3.58. The van der Waals surface area contributed by atoms with Crippen LogP contribution in [0.15, 0.2) is 24.3 Å². The molecular formula is C12H19NO. The molecule has 0 aliphatic rings. The molecule has 14 heavy (non-hydrogen) atoms. The quantitative estimate of drug-likeness (QED) is 0.724. The first-order valence-corrected chi connectivity index (χ1v) is 5.03. The van der Waals surface area contributed by atoms with E-state index in [0.29, 0.717) is 6.04 Å². The maximum Gasteiger partial charge on any atom is 0.0587 e. The Morgan fingerprint density at radius 2 is 2.21 bits per heavy atom. The molecule has 0 saturated heterocycles. The highest BCUT2D eigenvalue weighted by molar-refractivity contribution is 5.24. The molecule has 0 aromatic heterocycles. The Bertz CT molecular complexity index is 273. The van der Waals surface area contributed by atoms with E-state index in [1.807, 2.05) is 0 Å². The zero-order valence-electron chi connectivity index (χ0n) is 9.21. The minimum Gasteiger partial charge on any atom is -0.383 e. The van der Waals surface area contributed by atoms with Crippen molar-refractivity contribution in [3.63, 3.8) is 0 Å². The highest BCUT2D eigenvalue weighted by Gasteiger charge is 2.03. The van der Waals surface area contributed by atoms with E-state index < -0.39 is 0 Å². The lowest BCUT2D eigenvalue weighted by Gasteiger charge is -2.14. The van der Waals surface area contributed by atoms with Gasteiger partial charge in [0.25, 0.3) is 0 Å². The van der Waals surface area contributed by atoms with Gasteiger partial charge in [-0.15, -0.1) is 0 Å². The molecule has 0 bridgehead atoms. The molecule has 1 aromatic rings. The minimum atomic E-state index is 0.394. The van der Waals surface area contributed by atoms with Crippen LogP contribution in [0.2, 0.25) is 0 Å². The summed E-state index contributed by atoms with van der Waals surface area (Å²) >= 11 is 0. The van der Waals surface area contributed by atoms with Crippen LogP contribution in [0.25, 0.3) is 0 Å². The Balaban J connectivity index is 2.47. The summed E-state index contributed by atoms with van der Waals surface area (Å²) in [6, 6.07) is 8.97. The van der Waals surface area contributed by atoms with Gasteiger partial charge in [-0.1, -0.05) is 29.8 Å². The molecular weight excluding hydrogens is 174 g/mol. The van der Waals surface area contributed by atoms with Gasteiger partial charge in [-0.2, -0.15) is 0 Å². The van der Waals surface area contributed by atoms with Crippen molar-refractivity contribution >= 4 is 0 Å². The van der Waals surface area contributed by atoms with Crippen molar-refractivity contribution in [1.82, 2.24) is 5.32 Å². The van der Waals surface area contributed by atoms with Crippen molar-refractivity contribution < 1.29 is 4.74 Å². The predicted octanol–water partition coefficient (Wildman–Crippen LogP) is 2.29. The zero-order chi connectivity index (χ0) is 10.4. The summed E-state index contributed by atoms with van der Waals surface area (Å²) in [5.41, 5.74) is 2.64. The van der Waals surface area contributed by atoms with Crippen LogP contribution in [-0.4, -0.2) is 20.3 Å². The van der Waals surface area contributed by atoms with Crippen LogP contribution in [0.1, 0.15) is 24.1 Å². The van der Waals surface area contributed by atoms with Gasteiger partial charge in [0.15, 0.2) is 0 Å². The van der Waals surface area contributed by atoms with Crippen molar-refractivity contribution in [3.05, 3.63) is 35.4 Å². The molecule has 0 saturated carbocycles. The fourth-order valence-electron chi connectivity index (χ4n) is 1.43. The third kappa shape index (κ3) is 3.48. The summed E-state index contributed by atoms with van der Waals surface area (Å²) in [4.78, 5) is 0. The number of nitrogens with one attached hydrogen (secondary N) is 1. The standard InChI is InChI=1S/C12H19NO/c1-10-5-4-6-12(9-10)11(2)13-7-8-14-3/h4-6,9,11,13H,7-8H2,1-3H3/t11-/m1/s1. The summed E-state index contributed by atoms with van der Waals surface area (Å²) < 4.78 is 4.99. The third-order valence-corrected chi connectivity index (χ3v) is 2.30. The number of methoxy groups -OCH3 is 1. The molecule has 0 unspecified atom stereocenters. The van der Waals surface area contributed by atoms with E-state index in [1.54, 1.807) is 7.11 Å². The van der Waals surface area contributed by atoms with Crippen molar-refractivity contribution in [2.24, 2.45) is 0 Å². The van der Waals surface area contributed by atoms with Crippen LogP contribution in [0.4, 0.5) is 0 Å². The normalized spacial score (nSPS) is 12.8. The first-order chi connectivity index (χ1) is 6.74. The molecule has 0 amide bonds. The summed E-state index contributed by atoms with van der Waals surface area (Å²) in [6.07, 6.45) is 0. The molecule has 0 fully saturated rings. The molecule has 1 N–H and O–H groups in total. The highest BCUT2D eigenvalue weighted by atomic mass is 16.5. The molecule has 78 valence electrons. The lowest BCUT2D eigenvalue weighted by atomic mass is 10.1. The van der Waals surface area contributed by atoms with Crippen LogP contribution in [0.5, 0.6) is 0 Å². The van der Waals surface area contributed by atoms with Crippen molar-refractivity contribution in [2.75, 3.05) is 20.3 Å². The molecule has 1 aromatic carbocycles. The minimum absolute atomic E-state index is 0.394. The lowest BCUT2D eigenvalue weighted by Crippen LogP contribution is -2.22. The van der Waals surface area contributed by atoms with Crippen molar-refractivity contribution in [2.45, 2.75) is 19.9 Å². The van der Waals surface area contributed by atoms with Gasteiger partial charge in [0.05, 0.1) is 6.61 Å². The average molecular weight is 193 g/mol. The smallest absolute Gasteiger partial charge is 0.0587 e. The summed E-state index contributed by atoms with van der Waals surface area (Å²) in [7, 11) is 1.72. The molecule has 1 rings (SSSR count). The van der Waals surface area contributed by atoms with E-state index in [4.69, 9.17) is 4.74 Å². The van der Waals surface area contributed by atoms with Crippen LogP contribution >= 0.6 is 0 Å². The molecule has 0 aliphatic heterocycles. The summed E-state index contributed by atoms with van der Waals surface area (Å²) in [6.45, 7) is 5.94. The monoisotopic (exact) mass is 193 g/mol. The van der Waals surface area contributed by atoms with Crippen LogP contribution in [0.3, 0.4) is 0 Å².